The number of methoxy groups -OCH3 is 1. The maximum atomic E-state index is 13.0. The molecule has 0 heterocycles. The SMILES string of the molecule is CCN(Cc1cccc(OC)c1O)c1ccc(F)cc1. The van der Waals surface area contributed by atoms with Gasteiger partial charge in [0.05, 0.1) is 7.11 Å². The van der Waals surface area contributed by atoms with Crippen molar-refractivity contribution in [1.82, 2.24) is 0 Å². The Bertz CT molecular complexity index is 569. The number of hydrogen-bond acceptors (Lipinski definition) is 3. The van der Waals surface area contributed by atoms with Gasteiger partial charge in [-0.2, -0.15) is 0 Å². The van der Waals surface area contributed by atoms with Gasteiger partial charge in [-0.15, -0.1) is 0 Å². The summed E-state index contributed by atoms with van der Waals surface area (Å²) >= 11 is 0. The van der Waals surface area contributed by atoms with Gasteiger partial charge >= 0.3 is 0 Å². The van der Waals surface area contributed by atoms with E-state index < -0.39 is 0 Å². The number of rotatable bonds is 5. The predicted molar refractivity (Wildman–Crippen MR) is 77.8 cm³/mol. The lowest BCUT2D eigenvalue weighted by atomic mass is 10.1. The third kappa shape index (κ3) is 3.02. The van der Waals surface area contributed by atoms with Crippen LogP contribution < -0.4 is 9.64 Å². The van der Waals surface area contributed by atoms with Crippen molar-refractivity contribution in [1.29, 1.82) is 0 Å². The Morgan fingerprint density at radius 3 is 2.45 bits per heavy atom. The van der Waals surface area contributed by atoms with E-state index in [1.165, 1.54) is 19.2 Å². The first-order chi connectivity index (χ1) is 9.65. The largest absolute Gasteiger partial charge is 0.504 e. The van der Waals surface area contributed by atoms with E-state index in [9.17, 15) is 9.50 Å². The van der Waals surface area contributed by atoms with Gasteiger partial charge in [-0.3, -0.25) is 0 Å². The van der Waals surface area contributed by atoms with E-state index in [0.29, 0.717) is 12.3 Å². The Balaban J connectivity index is 2.24. The number of aromatic hydroxyl groups is 1. The molecule has 106 valence electrons. The van der Waals surface area contributed by atoms with Gasteiger partial charge in [0, 0.05) is 24.3 Å². The normalized spacial score (nSPS) is 10.3. The number of halogens is 1. The minimum Gasteiger partial charge on any atom is -0.504 e. The quantitative estimate of drug-likeness (QED) is 0.905. The van der Waals surface area contributed by atoms with Crippen molar-refractivity contribution < 1.29 is 14.2 Å². The average molecular weight is 275 g/mol. The van der Waals surface area contributed by atoms with Crippen molar-refractivity contribution in [3.8, 4) is 11.5 Å². The van der Waals surface area contributed by atoms with Crippen LogP contribution in [-0.2, 0) is 6.54 Å². The zero-order valence-corrected chi connectivity index (χ0v) is 11.6. The molecule has 0 atom stereocenters. The van der Waals surface area contributed by atoms with Crippen molar-refractivity contribution in [2.24, 2.45) is 0 Å². The first-order valence-corrected chi connectivity index (χ1v) is 6.51. The second-order valence-corrected chi connectivity index (χ2v) is 4.46. The number of phenolic OH excluding ortho intramolecular Hbond substituents is 1. The smallest absolute Gasteiger partial charge is 0.162 e. The minimum absolute atomic E-state index is 0.149. The molecule has 0 spiro atoms. The fraction of sp³-hybridized carbons (Fsp3) is 0.250. The molecule has 2 aromatic carbocycles. The topological polar surface area (TPSA) is 32.7 Å². The van der Waals surface area contributed by atoms with Crippen LogP contribution in [0.15, 0.2) is 42.5 Å². The molecule has 0 saturated heterocycles. The van der Waals surface area contributed by atoms with Crippen LogP contribution in [0.4, 0.5) is 10.1 Å². The Morgan fingerprint density at radius 1 is 1.15 bits per heavy atom. The van der Waals surface area contributed by atoms with E-state index >= 15 is 0 Å². The molecule has 3 nitrogen and oxygen atoms in total. The number of phenols is 1. The molecule has 4 heteroatoms. The fourth-order valence-corrected chi connectivity index (χ4v) is 2.10. The van der Waals surface area contributed by atoms with Crippen LogP contribution in [0.2, 0.25) is 0 Å². The van der Waals surface area contributed by atoms with Crippen LogP contribution in [0.25, 0.3) is 0 Å². The Morgan fingerprint density at radius 2 is 1.85 bits per heavy atom. The highest BCUT2D eigenvalue weighted by Crippen LogP contribution is 2.31. The van der Waals surface area contributed by atoms with Gasteiger partial charge in [-0.05, 0) is 37.3 Å². The molecular weight excluding hydrogens is 257 g/mol. The lowest BCUT2D eigenvalue weighted by Crippen LogP contribution is -2.22. The number of nitrogens with zero attached hydrogens (tertiary/aromatic N) is 1. The number of anilines is 1. The van der Waals surface area contributed by atoms with E-state index in [1.54, 1.807) is 18.2 Å². The molecule has 0 amide bonds. The second kappa shape index (κ2) is 6.28. The number of para-hydroxylation sites is 1. The average Bonchev–Trinajstić information content (AvgIpc) is 2.47. The lowest BCUT2D eigenvalue weighted by Gasteiger charge is -2.24. The summed E-state index contributed by atoms with van der Waals surface area (Å²) in [5.41, 5.74) is 1.69. The Hall–Kier alpha value is -2.23. The molecule has 2 rings (SSSR count). The summed E-state index contributed by atoms with van der Waals surface area (Å²) < 4.78 is 18.1. The molecule has 0 unspecified atom stereocenters. The highest BCUT2D eigenvalue weighted by atomic mass is 19.1. The van der Waals surface area contributed by atoms with Gasteiger partial charge in [0.25, 0.3) is 0 Å². The maximum absolute atomic E-state index is 13.0. The van der Waals surface area contributed by atoms with E-state index in [0.717, 1.165) is 17.8 Å². The van der Waals surface area contributed by atoms with Crippen molar-refractivity contribution in [2.45, 2.75) is 13.5 Å². The maximum Gasteiger partial charge on any atom is 0.162 e. The van der Waals surface area contributed by atoms with Crippen LogP contribution in [0.1, 0.15) is 12.5 Å². The summed E-state index contributed by atoms with van der Waals surface area (Å²) in [6, 6.07) is 11.7. The van der Waals surface area contributed by atoms with Crippen molar-refractivity contribution >= 4 is 5.69 Å². The molecule has 0 aliphatic carbocycles. The van der Waals surface area contributed by atoms with Crippen LogP contribution >= 0.6 is 0 Å². The summed E-state index contributed by atoms with van der Waals surface area (Å²) in [7, 11) is 1.52. The van der Waals surface area contributed by atoms with Gasteiger partial charge in [-0.25, -0.2) is 4.39 Å². The zero-order valence-electron chi connectivity index (χ0n) is 11.6. The molecule has 0 saturated carbocycles. The van der Waals surface area contributed by atoms with Crippen molar-refractivity contribution in [3.05, 3.63) is 53.8 Å². The number of benzene rings is 2. The third-order valence-corrected chi connectivity index (χ3v) is 3.24. The molecule has 20 heavy (non-hydrogen) atoms. The summed E-state index contributed by atoms with van der Waals surface area (Å²) in [5, 5.41) is 10.1. The zero-order chi connectivity index (χ0) is 14.5. The molecule has 0 radical (unpaired) electrons. The van der Waals surface area contributed by atoms with E-state index in [1.807, 2.05) is 24.0 Å². The first kappa shape index (κ1) is 14.2. The molecule has 1 N–H and O–H groups in total. The number of hydrogen-bond donors (Lipinski definition) is 1. The van der Waals surface area contributed by atoms with E-state index in [4.69, 9.17) is 4.74 Å². The van der Waals surface area contributed by atoms with Crippen LogP contribution in [-0.4, -0.2) is 18.8 Å². The predicted octanol–water partition coefficient (Wildman–Crippen LogP) is 3.57. The summed E-state index contributed by atoms with van der Waals surface area (Å²) in [6.07, 6.45) is 0. The Labute approximate surface area is 118 Å². The monoisotopic (exact) mass is 275 g/mol. The standard InChI is InChI=1S/C16H18FNO2/c1-3-18(14-9-7-13(17)8-10-14)11-12-5-4-6-15(20-2)16(12)19/h4-10,19H,3,11H2,1-2H3. The third-order valence-electron chi connectivity index (χ3n) is 3.24. The summed E-state index contributed by atoms with van der Waals surface area (Å²) in [4.78, 5) is 2.05. The van der Waals surface area contributed by atoms with E-state index in [2.05, 4.69) is 0 Å². The second-order valence-electron chi connectivity index (χ2n) is 4.46. The van der Waals surface area contributed by atoms with E-state index in [-0.39, 0.29) is 11.6 Å². The lowest BCUT2D eigenvalue weighted by molar-refractivity contribution is 0.370. The molecule has 0 fully saturated rings. The fourth-order valence-electron chi connectivity index (χ4n) is 2.10. The molecule has 0 aromatic heterocycles. The highest BCUT2D eigenvalue weighted by molar-refractivity contribution is 5.51. The van der Waals surface area contributed by atoms with Gasteiger partial charge in [-0.1, -0.05) is 12.1 Å². The Kier molecular flexibility index (Phi) is 4.45. The van der Waals surface area contributed by atoms with Crippen LogP contribution in [0, 0.1) is 5.82 Å². The minimum atomic E-state index is -0.256. The molecule has 2 aromatic rings. The number of ether oxygens (including phenoxy) is 1. The van der Waals surface area contributed by atoms with Gasteiger partial charge in [0.2, 0.25) is 0 Å². The van der Waals surface area contributed by atoms with Crippen molar-refractivity contribution in [3.63, 3.8) is 0 Å². The highest BCUT2D eigenvalue weighted by Gasteiger charge is 2.11. The summed E-state index contributed by atoms with van der Waals surface area (Å²) in [6.45, 7) is 3.30. The van der Waals surface area contributed by atoms with Gasteiger partial charge in [0.15, 0.2) is 11.5 Å². The van der Waals surface area contributed by atoms with Crippen molar-refractivity contribution in [2.75, 3.05) is 18.6 Å². The van der Waals surface area contributed by atoms with Gasteiger partial charge in [0.1, 0.15) is 5.82 Å². The molecular formula is C16H18FNO2. The molecule has 0 aliphatic rings. The summed E-state index contributed by atoms with van der Waals surface area (Å²) in [5.74, 6) is 0.349. The van der Waals surface area contributed by atoms with Crippen LogP contribution in [0.3, 0.4) is 0 Å². The molecule has 0 aliphatic heterocycles. The molecule has 0 bridgehead atoms. The van der Waals surface area contributed by atoms with Gasteiger partial charge < -0.3 is 14.7 Å². The first-order valence-electron chi connectivity index (χ1n) is 6.51. The van der Waals surface area contributed by atoms with Crippen LogP contribution in [0.5, 0.6) is 11.5 Å².